The fourth-order valence-corrected chi connectivity index (χ4v) is 7.79. The van der Waals surface area contributed by atoms with Crippen molar-refractivity contribution in [2.45, 2.75) is 69.2 Å². The van der Waals surface area contributed by atoms with E-state index in [1.807, 2.05) is 31.2 Å². The Morgan fingerprint density at radius 1 is 1.23 bits per heavy atom. The summed E-state index contributed by atoms with van der Waals surface area (Å²) in [5.74, 6) is 2.74. The molecular weight excluding hydrogens is 390 g/mol. The number of rotatable bonds is 6. The van der Waals surface area contributed by atoms with Crippen molar-refractivity contribution in [3.63, 3.8) is 0 Å². The van der Waals surface area contributed by atoms with Crippen LogP contribution in [0.5, 0.6) is 5.75 Å². The van der Waals surface area contributed by atoms with Crippen LogP contribution in [0, 0.1) is 17.3 Å². The topological polar surface area (TPSA) is 38.3 Å². The second-order valence-electron chi connectivity index (χ2n) is 9.08. The molecule has 4 saturated carbocycles. The molecule has 142 valence electrons. The SMILES string of the molecule is CCOc1ccc([C@H](C)NC(=O)CC23C[C@H]4C[C@@H](CC(Br)(C4)C2)C3)cc1. The van der Waals surface area contributed by atoms with Gasteiger partial charge in [0.15, 0.2) is 0 Å². The molecule has 4 heteroatoms. The molecule has 4 aliphatic carbocycles. The average molecular weight is 420 g/mol. The molecule has 0 aliphatic heterocycles. The summed E-state index contributed by atoms with van der Waals surface area (Å²) in [6.07, 6.45) is 8.39. The highest BCUT2D eigenvalue weighted by Gasteiger charge is 2.57. The van der Waals surface area contributed by atoms with Crippen molar-refractivity contribution >= 4 is 21.8 Å². The van der Waals surface area contributed by atoms with Crippen LogP contribution in [0.2, 0.25) is 0 Å². The maximum atomic E-state index is 12.8. The third kappa shape index (κ3) is 3.67. The van der Waals surface area contributed by atoms with Gasteiger partial charge in [-0.3, -0.25) is 4.79 Å². The highest BCUT2D eigenvalue weighted by molar-refractivity contribution is 9.10. The zero-order valence-corrected chi connectivity index (χ0v) is 17.5. The van der Waals surface area contributed by atoms with Gasteiger partial charge >= 0.3 is 0 Å². The molecular formula is C22H30BrNO2. The second-order valence-corrected chi connectivity index (χ2v) is 10.8. The first-order chi connectivity index (χ1) is 12.4. The Bertz CT molecular complexity index is 657. The Kier molecular flexibility index (Phi) is 4.83. The number of alkyl halides is 1. The van der Waals surface area contributed by atoms with Crippen LogP contribution in [0.4, 0.5) is 0 Å². The van der Waals surface area contributed by atoms with Crippen LogP contribution in [0.25, 0.3) is 0 Å². The van der Waals surface area contributed by atoms with Crippen molar-refractivity contribution in [1.82, 2.24) is 5.32 Å². The highest BCUT2D eigenvalue weighted by Crippen LogP contribution is 2.65. The summed E-state index contributed by atoms with van der Waals surface area (Å²) in [6.45, 7) is 4.72. The predicted octanol–water partition coefficient (Wildman–Crippen LogP) is 5.39. The smallest absolute Gasteiger partial charge is 0.221 e. The zero-order valence-electron chi connectivity index (χ0n) is 15.9. The number of carbonyl (C=O) groups excluding carboxylic acids is 1. The quantitative estimate of drug-likeness (QED) is 0.627. The standard InChI is InChI=1S/C22H30BrNO2/c1-3-26-19-6-4-18(5-7-19)15(2)24-20(25)13-21-9-16-8-17(10-21)12-22(23,11-16)14-21/h4-7,15-17H,3,8-14H2,1-2H3,(H,24,25)/t15-,16+,17+,21?,22?/m0/s1. The molecule has 4 aliphatic rings. The zero-order chi connectivity index (χ0) is 18.4. The molecule has 0 saturated heterocycles. The molecule has 26 heavy (non-hydrogen) atoms. The average Bonchev–Trinajstić information content (AvgIpc) is 2.52. The number of hydrogen-bond acceptors (Lipinski definition) is 2. The van der Waals surface area contributed by atoms with Gasteiger partial charge in [0.1, 0.15) is 5.75 Å². The van der Waals surface area contributed by atoms with Crippen LogP contribution in [-0.2, 0) is 4.79 Å². The fraction of sp³-hybridized carbons (Fsp3) is 0.682. The van der Waals surface area contributed by atoms with Crippen molar-refractivity contribution in [3.8, 4) is 5.75 Å². The molecule has 4 bridgehead atoms. The van der Waals surface area contributed by atoms with Crippen LogP contribution >= 0.6 is 15.9 Å². The van der Waals surface area contributed by atoms with Crippen LogP contribution < -0.4 is 10.1 Å². The van der Waals surface area contributed by atoms with E-state index in [0.717, 1.165) is 23.1 Å². The van der Waals surface area contributed by atoms with Crippen LogP contribution in [0.15, 0.2) is 24.3 Å². The van der Waals surface area contributed by atoms with Gasteiger partial charge in [-0.05, 0) is 87.3 Å². The Morgan fingerprint density at radius 3 is 2.46 bits per heavy atom. The molecule has 3 nitrogen and oxygen atoms in total. The van der Waals surface area contributed by atoms with E-state index >= 15 is 0 Å². The van der Waals surface area contributed by atoms with Gasteiger partial charge in [0, 0.05) is 10.7 Å². The molecule has 1 N–H and O–H groups in total. The number of carbonyl (C=O) groups is 1. The van der Waals surface area contributed by atoms with Gasteiger partial charge < -0.3 is 10.1 Å². The number of amides is 1. The lowest BCUT2D eigenvalue weighted by molar-refractivity contribution is -0.128. The second kappa shape index (κ2) is 6.85. The summed E-state index contributed by atoms with van der Waals surface area (Å²) in [5, 5.41) is 3.24. The molecule has 5 rings (SSSR count). The Balaban J connectivity index is 1.38. The Hall–Kier alpha value is -1.03. The van der Waals surface area contributed by atoms with Crippen LogP contribution in [0.1, 0.15) is 70.4 Å². The molecule has 0 aromatic heterocycles. The minimum Gasteiger partial charge on any atom is -0.494 e. The van der Waals surface area contributed by atoms with Gasteiger partial charge in [-0.15, -0.1) is 0 Å². The predicted molar refractivity (Wildman–Crippen MR) is 108 cm³/mol. The van der Waals surface area contributed by atoms with Gasteiger partial charge in [-0.2, -0.15) is 0 Å². The number of ether oxygens (including phenoxy) is 1. The molecule has 0 radical (unpaired) electrons. The van der Waals surface area contributed by atoms with Crippen molar-refractivity contribution < 1.29 is 9.53 Å². The Labute approximate surface area is 165 Å². The maximum Gasteiger partial charge on any atom is 0.221 e. The van der Waals surface area contributed by atoms with Gasteiger partial charge in [0.05, 0.1) is 12.6 Å². The number of benzene rings is 1. The van der Waals surface area contributed by atoms with E-state index in [0.29, 0.717) is 17.4 Å². The van der Waals surface area contributed by atoms with Crippen molar-refractivity contribution in [2.75, 3.05) is 6.61 Å². The third-order valence-corrected chi connectivity index (χ3v) is 7.64. The van der Waals surface area contributed by atoms with E-state index in [9.17, 15) is 4.79 Å². The van der Waals surface area contributed by atoms with E-state index in [1.165, 1.54) is 38.5 Å². The van der Waals surface area contributed by atoms with Crippen molar-refractivity contribution in [3.05, 3.63) is 29.8 Å². The Morgan fingerprint density at radius 2 is 1.88 bits per heavy atom. The maximum absolute atomic E-state index is 12.8. The minimum absolute atomic E-state index is 0.0324. The molecule has 1 aromatic carbocycles. The lowest BCUT2D eigenvalue weighted by Gasteiger charge is -2.60. The van der Waals surface area contributed by atoms with Crippen LogP contribution in [-0.4, -0.2) is 16.8 Å². The molecule has 1 amide bonds. The summed E-state index contributed by atoms with van der Waals surface area (Å²) < 4.78 is 5.82. The summed E-state index contributed by atoms with van der Waals surface area (Å²) in [4.78, 5) is 12.8. The largest absolute Gasteiger partial charge is 0.494 e. The third-order valence-electron chi connectivity index (χ3n) is 6.72. The number of nitrogens with one attached hydrogen (secondary N) is 1. The van der Waals surface area contributed by atoms with Crippen LogP contribution in [0.3, 0.4) is 0 Å². The van der Waals surface area contributed by atoms with Gasteiger partial charge in [0.25, 0.3) is 0 Å². The minimum atomic E-state index is 0.0324. The summed E-state index contributed by atoms with van der Waals surface area (Å²) >= 11 is 4.05. The van der Waals surface area contributed by atoms with Gasteiger partial charge in [-0.1, -0.05) is 28.1 Å². The highest BCUT2D eigenvalue weighted by atomic mass is 79.9. The van der Waals surface area contributed by atoms with E-state index < -0.39 is 0 Å². The molecule has 1 aromatic rings. The summed E-state index contributed by atoms with van der Waals surface area (Å²) in [6, 6.07) is 8.09. The summed E-state index contributed by atoms with van der Waals surface area (Å²) in [7, 11) is 0. The first-order valence-corrected chi connectivity index (χ1v) is 10.9. The molecule has 0 heterocycles. The van der Waals surface area contributed by atoms with E-state index in [4.69, 9.17) is 4.74 Å². The monoisotopic (exact) mass is 419 g/mol. The normalized spacial score (nSPS) is 36.0. The van der Waals surface area contributed by atoms with Crippen molar-refractivity contribution in [1.29, 1.82) is 0 Å². The van der Waals surface area contributed by atoms with E-state index in [2.05, 4.69) is 28.2 Å². The van der Waals surface area contributed by atoms with E-state index in [1.54, 1.807) is 0 Å². The summed E-state index contributed by atoms with van der Waals surface area (Å²) in [5.41, 5.74) is 1.36. The van der Waals surface area contributed by atoms with E-state index in [-0.39, 0.29) is 17.4 Å². The first kappa shape index (κ1) is 18.3. The molecule has 3 atom stereocenters. The fourth-order valence-electron chi connectivity index (χ4n) is 6.28. The lowest BCUT2D eigenvalue weighted by atomic mass is 9.48. The van der Waals surface area contributed by atoms with Gasteiger partial charge in [0.2, 0.25) is 5.91 Å². The first-order valence-electron chi connectivity index (χ1n) is 10.1. The molecule has 4 fully saturated rings. The lowest BCUT2D eigenvalue weighted by Crippen LogP contribution is -2.54. The number of halogens is 1. The van der Waals surface area contributed by atoms with Gasteiger partial charge in [-0.25, -0.2) is 0 Å². The molecule has 0 unspecified atom stereocenters. The number of hydrogen-bond donors (Lipinski definition) is 1. The molecule has 0 spiro atoms. The van der Waals surface area contributed by atoms with Crippen molar-refractivity contribution in [2.24, 2.45) is 17.3 Å².